The number of aliphatic hydroxyl groups is 1. The molecule has 3 heterocycles. The summed E-state index contributed by atoms with van der Waals surface area (Å²) in [6.45, 7) is 2.96. The number of ether oxygens (including phenoxy) is 2. The van der Waals surface area contributed by atoms with Crippen LogP contribution in [0.2, 0.25) is 0 Å². The zero-order chi connectivity index (χ0) is 17.1. The van der Waals surface area contributed by atoms with Crippen LogP contribution in [0, 0.1) is 0 Å². The molecule has 5 unspecified atom stereocenters. The van der Waals surface area contributed by atoms with Gasteiger partial charge in [-0.1, -0.05) is 0 Å². The highest BCUT2D eigenvalue weighted by Crippen LogP contribution is 2.31. The maximum Gasteiger partial charge on any atom is 0.176 e. The Morgan fingerprint density at radius 3 is 2.71 bits per heavy atom. The summed E-state index contributed by atoms with van der Waals surface area (Å²) in [5, 5.41) is 14.4. The molecule has 24 heavy (non-hydrogen) atoms. The van der Waals surface area contributed by atoms with E-state index in [0.29, 0.717) is 13.2 Å². The van der Waals surface area contributed by atoms with E-state index in [2.05, 4.69) is 20.1 Å². The van der Waals surface area contributed by atoms with E-state index < -0.39 is 6.10 Å². The van der Waals surface area contributed by atoms with E-state index in [-0.39, 0.29) is 24.5 Å². The predicted octanol–water partition coefficient (Wildman–Crippen LogP) is -0.482. The molecular formula is C17H28N4O3. The molecule has 1 aromatic rings. The van der Waals surface area contributed by atoms with Gasteiger partial charge in [0.1, 0.15) is 6.10 Å². The fourth-order valence-electron chi connectivity index (χ4n) is 3.37. The van der Waals surface area contributed by atoms with Crippen LogP contribution in [0.15, 0.2) is 24.5 Å². The Morgan fingerprint density at radius 2 is 2.00 bits per heavy atom. The highest BCUT2D eigenvalue weighted by Gasteiger charge is 2.51. The summed E-state index contributed by atoms with van der Waals surface area (Å²) >= 11 is 0. The van der Waals surface area contributed by atoms with Crippen molar-refractivity contribution in [3.63, 3.8) is 0 Å². The minimum atomic E-state index is -0.537. The summed E-state index contributed by atoms with van der Waals surface area (Å²) in [5.41, 5.74) is 1.13. The van der Waals surface area contributed by atoms with Crippen molar-refractivity contribution in [3.8, 4) is 0 Å². The SMILES string of the molecule is CN(C)CCN(C)C1C2OCC(O2)C(NCc2ccncc2)C1O. The van der Waals surface area contributed by atoms with Crippen LogP contribution >= 0.6 is 0 Å². The van der Waals surface area contributed by atoms with Crippen LogP contribution < -0.4 is 5.32 Å². The van der Waals surface area contributed by atoms with Crippen LogP contribution in [-0.2, 0) is 16.0 Å². The van der Waals surface area contributed by atoms with E-state index in [4.69, 9.17) is 9.47 Å². The first-order valence-electron chi connectivity index (χ1n) is 8.48. The largest absolute Gasteiger partial charge is 0.390 e. The van der Waals surface area contributed by atoms with Gasteiger partial charge in [0.05, 0.1) is 24.8 Å². The molecule has 7 heteroatoms. The van der Waals surface area contributed by atoms with Crippen molar-refractivity contribution < 1.29 is 14.6 Å². The lowest BCUT2D eigenvalue weighted by Gasteiger charge is -2.43. The van der Waals surface area contributed by atoms with E-state index >= 15 is 0 Å². The molecule has 2 saturated heterocycles. The van der Waals surface area contributed by atoms with Gasteiger partial charge in [-0.3, -0.25) is 9.88 Å². The van der Waals surface area contributed by atoms with Crippen LogP contribution in [0.4, 0.5) is 0 Å². The monoisotopic (exact) mass is 336 g/mol. The molecule has 2 N–H and O–H groups in total. The Bertz CT molecular complexity index is 516. The second-order valence-electron chi connectivity index (χ2n) is 6.90. The van der Waals surface area contributed by atoms with Crippen molar-refractivity contribution in [3.05, 3.63) is 30.1 Å². The standard InChI is InChI=1S/C17H28N4O3/c1-20(2)8-9-21(3)15-16(22)14(13-11-23-17(15)24-13)19-10-12-4-6-18-7-5-12/h4-7,13-17,19,22H,8-11H2,1-3H3. The van der Waals surface area contributed by atoms with Crippen LogP contribution in [0.3, 0.4) is 0 Å². The first kappa shape index (κ1) is 17.7. The van der Waals surface area contributed by atoms with E-state index in [1.54, 1.807) is 12.4 Å². The Morgan fingerprint density at radius 1 is 1.25 bits per heavy atom. The van der Waals surface area contributed by atoms with Crippen LogP contribution in [0.5, 0.6) is 0 Å². The first-order chi connectivity index (χ1) is 11.6. The molecule has 0 radical (unpaired) electrons. The quantitative estimate of drug-likeness (QED) is 0.697. The Kier molecular flexibility index (Phi) is 5.80. The average Bonchev–Trinajstić information content (AvgIpc) is 2.99. The Labute approximate surface area is 143 Å². The highest BCUT2D eigenvalue weighted by molar-refractivity contribution is 5.10. The normalized spacial score (nSPS) is 32.7. The molecule has 5 atom stereocenters. The minimum absolute atomic E-state index is 0.106. The lowest BCUT2D eigenvalue weighted by molar-refractivity contribution is -0.179. The molecule has 2 fully saturated rings. The van der Waals surface area contributed by atoms with Crippen molar-refractivity contribution >= 4 is 0 Å². The molecule has 0 aromatic carbocycles. The molecule has 7 nitrogen and oxygen atoms in total. The molecule has 3 rings (SSSR count). The molecular weight excluding hydrogens is 308 g/mol. The third kappa shape index (κ3) is 3.93. The number of hydrogen-bond donors (Lipinski definition) is 2. The summed E-state index contributed by atoms with van der Waals surface area (Å²) in [7, 11) is 6.11. The van der Waals surface area contributed by atoms with Crippen LogP contribution in [0.25, 0.3) is 0 Å². The number of nitrogens with one attached hydrogen (secondary N) is 1. The number of pyridine rings is 1. The van der Waals surface area contributed by atoms with Crippen molar-refractivity contribution in [2.75, 3.05) is 40.8 Å². The highest BCUT2D eigenvalue weighted by atomic mass is 16.7. The van der Waals surface area contributed by atoms with Gasteiger partial charge in [-0.2, -0.15) is 0 Å². The lowest BCUT2D eigenvalue weighted by Crippen LogP contribution is -2.64. The second-order valence-corrected chi connectivity index (χ2v) is 6.90. The van der Waals surface area contributed by atoms with Gasteiger partial charge in [-0.25, -0.2) is 0 Å². The number of likely N-dealkylation sites (N-methyl/N-ethyl adjacent to an activating group) is 2. The predicted molar refractivity (Wildman–Crippen MR) is 90.5 cm³/mol. The third-order valence-corrected chi connectivity index (χ3v) is 4.83. The molecule has 2 aliphatic rings. The fourth-order valence-corrected chi connectivity index (χ4v) is 3.37. The number of fused-ring (bicyclic) bond motifs is 2. The smallest absolute Gasteiger partial charge is 0.176 e. The summed E-state index contributed by atoms with van der Waals surface area (Å²) in [6.07, 6.45) is 2.56. The zero-order valence-corrected chi connectivity index (χ0v) is 14.6. The topological polar surface area (TPSA) is 70.1 Å². The Hall–Kier alpha value is -1.09. The maximum absolute atomic E-state index is 10.9. The summed E-state index contributed by atoms with van der Waals surface area (Å²) in [6, 6.07) is 3.62. The maximum atomic E-state index is 10.9. The number of nitrogens with zero attached hydrogens (tertiary/aromatic N) is 3. The molecule has 2 aliphatic heterocycles. The van der Waals surface area contributed by atoms with E-state index in [0.717, 1.165) is 18.7 Å². The van der Waals surface area contributed by atoms with Crippen LogP contribution in [-0.4, -0.2) is 91.3 Å². The van der Waals surface area contributed by atoms with Crippen molar-refractivity contribution in [1.82, 2.24) is 20.1 Å². The van der Waals surface area contributed by atoms with Gasteiger partial charge in [-0.05, 0) is 38.8 Å². The van der Waals surface area contributed by atoms with Crippen molar-refractivity contribution in [2.24, 2.45) is 0 Å². The van der Waals surface area contributed by atoms with Gasteiger partial charge in [-0.15, -0.1) is 0 Å². The van der Waals surface area contributed by atoms with Crippen molar-refractivity contribution in [2.45, 2.75) is 37.1 Å². The molecule has 0 spiro atoms. The van der Waals surface area contributed by atoms with E-state index in [1.807, 2.05) is 33.3 Å². The molecule has 1 aromatic heterocycles. The summed E-state index contributed by atoms with van der Waals surface area (Å²) < 4.78 is 11.8. The molecule has 0 amide bonds. The Balaban J connectivity index is 1.64. The van der Waals surface area contributed by atoms with Crippen molar-refractivity contribution in [1.29, 1.82) is 0 Å². The van der Waals surface area contributed by atoms with Gasteiger partial charge >= 0.3 is 0 Å². The van der Waals surface area contributed by atoms with Gasteiger partial charge in [0.15, 0.2) is 6.29 Å². The average molecular weight is 336 g/mol. The lowest BCUT2D eigenvalue weighted by atomic mass is 9.95. The molecule has 134 valence electrons. The summed E-state index contributed by atoms with van der Waals surface area (Å²) in [4.78, 5) is 8.30. The molecule has 0 saturated carbocycles. The number of aromatic nitrogens is 1. The molecule has 2 bridgehead atoms. The third-order valence-electron chi connectivity index (χ3n) is 4.83. The second kappa shape index (κ2) is 7.86. The number of rotatable bonds is 7. The minimum Gasteiger partial charge on any atom is -0.390 e. The number of aliphatic hydroxyl groups excluding tert-OH is 1. The molecule has 0 aliphatic carbocycles. The van der Waals surface area contributed by atoms with E-state index in [1.165, 1.54) is 0 Å². The van der Waals surface area contributed by atoms with Gasteiger partial charge in [0, 0.05) is 32.0 Å². The van der Waals surface area contributed by atoms with E-state index in [9.17, 15) is 5.11 Å². The fraction of sp³-hybridized carbons (Fsp3) is 0.706. The summed E-state index contributed by atoms with van der Waals surface area (Å²) in [5.74, 6) is 0. The van der Waals surface area contributed by atoms with Gasteiger partial charge in [0.2, 0.25) is 0 Å². The van der Waals surface area contributed by atoms with Gasteiger partial charge in [0.25, 0.3) is 0 Å². The first-order valence-corrected chi connectivity index (χ1v) is 8.48. The number of hydrogen-bond acceptors (Lipinski definition) is 7. The van der Waals surface area contributed by atoms with Gasteiger partial charge < -0.3 is 24.8 Å². The van der Waals surface area contributed by atoms with Crippen LogP contribution in [0.1, 0.15) is 5.56 Å². The zero-order valence-electron chi connectivity index (χ0n) is 14.6.